The van der Waals surface area contributed by atoms with Crippen molar-refractivity contribution in [2.75, 3.05) is 6.61 Å². The zero-order valence-corrected chi connectivity index (χ0v) is 17.5. The van der Waals surface area contributed by atoms with E-state index < -0.39 is 8.32 Å². The Morgan fingerprint density at radius 1 is 0.875 bits per heavy atom. The molecule has 0 amide bonds. The van der Waals surface area contributed by atoms with Crippen LogP contribution in [0.25, 0.3) is 6.08 Å². The number of rotatable bonds is 10. The molecule has 0 fully saturated rings. The molecule has 0 bridgehead atoms. The maximum Gasteiger partial charge on any atom is 0.200 e. The number of hydrogen-bond acceptors (Lipinski definition) is 1. The van der Waals surface area contributed by atoms with Crippen LogP contribution >= 0.6 is 0 Å². The lowest BCUT2D eigenvalue weighted by molar-refractivity contribution is 0.273. The van der Waals surface area contributed by atoms with Crippen molar-refractivity contribution in [2.24, 2.45) is 0 Å². The average Bonchev–Trinajstić information content (AvgIpc) is 2.53. The van der Waals surface area contributed by atoms with Crippen LogP contribution in [0.15, 0.2) is 48.6 Å². The van der Waals surface area contributed by atoms with Gasteiger partial charge in [0.1, 0.15) is 0 Å². The monoisotopic (exact) mass is 344 g/mol. The van der Waals surface area contributed by atoms with E-state index in [1.54, 1.807) is 0 Å². The van der Waals surface area contributed by atoms with Gasteiger partial charge in [-0.05, 0) is 35.0 Å². The zero-order chi connectivity index (χ0) is 18.0. The van der Waals surface area contributed by atoms with Crippen molar-refractivity contribution in [3.63, 3.8) is 0 Å². The van der Waals surface area contributed by atoms with E-state index in [9.17, 15) is 0 Å². The zero-order valence-electron chi connectivity index (χ0n) is 16.5. The van der Waals surface area contributed by atoms with E-state index in [4.69, 9.17) is 4.43 Å². The van der Waals surface area contributed by atoms with E-state index >= 15 is 0 Å². The third-order valence-electron chi connectivity index (χ3n) is 4.91. The highest BCUT2D eigenvalue weighted by molar-refractivity contribution is 6.77. The highest BCUT2D eigenvalue weighted by atomic mass is 28.4. The van der Waals surface area contributed by atoms with Crippen molar-refractivity contribution >= 4 is 14.4 Å². The van der Waals surface area contributed by atoms with Crippen molar-refractivity contribution in [3.05, 3.63) is 54.1 Å². The first-order valence-corrected chi connectivity index (χ1v) is 11.6. The number of hydrogen-bond donors (Lipinski definition) is 0. The van der Waals surface area contributed by atoms with Crippen molar-refractivity contribution in [1.82, 2.24) is 0 Å². The summed E-state index contributed by atoms with van der Waals surface area (Å²) in [5.41, 5.74) is 3.25. The molecule has 134 valence electrons. The fraction of sp³-hybridized carbons (Fsp3) is 0.545. The Balaban J connectivity index is 2.38. The quantitative estimate of drug-likeness (QED) is 0.247. The van der Waals surface area contributed by atoms with Gasteiger partial charge in [0.25, 0.3) is 0 Å². The Morgan fingerprint density at radius 3 is 2.00 bits per heavy atom. The van der Waals surface area contributed by atoms with Gasteiger partial charge < -0.3 is 4.43 Å². The van der Waals surface area contributed by atoms with Crippen LogP contribution in [0.5, 0.6) is 0 Å². The van der Waals surface area contributed by atoms with Gasteiger partial charge in [-0.3, -0.25) is 0 Å². The summed E-state index contributed by atoms with van der Waals surface area (Å²) in [5, 5.41) is 0. The van der Waals surface area contributed by atoms with Crippen LogP contribution in [0.1, 0.15) is 59.9 Å². The molecule has 2 heteroatoms. The first-order valence-electron chi connectivity index (χ1n) is 9.43. The molecule has 0 spiro atoms. The summed E-state index contributed by atoms with van der Waals surface area (Å²) >= 11 is 0. The van der Waals surface area contributed by atoms with E-state index in [0.29, 0.717) is 16.6 Å². The van der Waals surface area contributed by atoms with Crippen molar-refractivity contribution < 1.29 is 4.43 Å². The molecule has 0 aromatic heterocycles. The molecule has 0 saturated heterocycles. The third kappa shape index (κ3) is 6.07. The summed E-state index contributed by atoms with van der Waals surface area (Å²) in [6.45, 7) is 15.0. The predicted molar refractivity (Wildman–Crippen MR) is 111 cm³/mol. The van der Waals surface area contributed by atoms with Gasteiger partial charge in [0, 0.05) is 6.61 Å². The van der Waals surface area contributed by atoms with Crippen LogP contribution in [0.3, 0.4) is 0 Å². The van der Waals surface area contributed by atoms with Gasteiger partial charge in [-0.25, -0.2) is 0 Å². The van der Waals surface area contributed by atoms with Crippen LogP contribution < -0.4 is 0 Å². The molecule has 0 radical (unpaired) electrons. The van der Waals surface area contributed by atoms with Crippen molar-refractivity contribution in [2.45, 2.75) is 71.0 Å². The van der Waals surface area contributed by atoms with Crippen LogP contribution in [0.4, 0.5) is 0 Å². The molecule has 0 aliphatic heterocycles. The maximum atomic E-state index is 6.58. The fourth-order valence-corrected chi connectivity index (χ4v) is 9.35. The molecule has 1 nitrogen and oxygen atoms in total. The van der Waals surface area contributed by atoms with Gasteiger partial charge in [0.05, 0.1) is 0 Å². The highest BCUT2D eigenvalue weighted by Gasteiger charge is 2.44. The largest absolute Gasteiger partial charge is 0.416 e. The topological polar surface area (TPSA) is 9.23 Å². The van der Waals surface area contributed by atoms with Crippen molar-refractivity contribution in [3.8, 4) is 0 Å². The normalized spacial score (nSPS) is 13.2. The summed E-state index contributed by atoms with van der Waals surface area (Å²) in [6, 6.07) is 10.4. The maximum absolute atomic E-state index is 6.58. The van der Waals surface area contributed by atoms with E-state index in [-0.39, 0.29) is 0 Å². The Labute approximate surface area is 151 Å². The van der Waals surface area contributed by atoms with Gasteiger partial charge in [-0.15, -0.1) is 0 Å². The Kier molecular flexibility index (Phi) is 9.31. The second kappa shape index (κ2) is 10.7. The first-order chi connectivity index (χ1) is 11.4. The number of benzene rings is 1. The molecule has 0 N–H and O–H groups in total. The SMILES string of the molecule is CC(C)[Si](OCCC/C=C\C=C\c1ccccc1)(C(C)C)C(C)C. The van der Waals surface area contributed by atoms with Gasteiger partial charge in [0.2, 0.25) is 0 Å². The minimum absolute atomic E-state index is 0.668. The highest BCUT2D eigenvalue weighted by Crippen LogP contribution is 2.42. The molecule has 1 rings (SSSR count). The molecular formula is C22H36OSi. The van der Waals surface area contributed by atoms with E-state index in [1.165, 1.54) is 5.56 Å². The van der Waals surface area contributed by atoms with Gasteiger partial charge in [-0.2, -0.15) is 0 Å². The van der Waals surface area contributed by atoms with E-state index in [1.807, 2.05) is 6.07 Å². The summed E-state index contributed by atoms with van der Waals surface area (Å²) < 4.78 is 6.58. The standard InChI is InChI=1S/C22H36OSi/c1-19(2)24(20(3)4,21(5)6)23-18-14-9-7-8-11-15-22-16-12-10-13-17-22/h7-8,10-13,15-17,19-21H,9,14,18H2,1-6H3/b8-7-,15-11+. The van der Waals surface area contributed by atoms with Crippen LogP contribution in [0, 0.1) is 0 Å². The molecule has 1 aromatic rings. The third-order valence-corrected chi connectivity index (χ3v) is 11.0. The summed E-state index contributed by atoms with van der Waals surface area (Å²) in [6.07, 6.45) is 10.8. The summed E-state index contributed by atoms with van der Waals surface area (Å²) in [4.78, 5) is 0. The van der Waals surface area contributed by atoms with Crippen LogP contribution in [-0.4, -0.2) is 14.9 Å². The minimum Gasteiger partial charge on any atom is -0.416 e. The smallest absolute Gasteiger partial charge is 0.200 e. The lowest BCUT2D eigenvalue weighted by atomic mass is 10.2. The Hall–Kier alpha value is -1.12. The number of unbranched alkanes of at least 4 members (excludes halogenated alkanes) is 1. The molecule has 0 aliphatic rings. The average molecular weight is 345 g/mol. The number of allylic oxidation sites excluding steroid dienone is 3. The van der Waals surface area contributed by atoms with Crippen molar-refractivity contribution in [1.29, 1.82) is 0 Å². The lowest BCUT2D eigenvalue weighted by Crippen LogP contribution is -2.47. The summed E-state index contributed by atoms with van der Waals surface area (Å²) in [5.74, 6) is 0. The lowest BCUT2D eigenvalue weighted by Gasteiger charge is -2.42. The Morgan fingerprint density at radius 2 is 1.46 bits per heavy atom. The van der Waals surface area contributed by atoms with Gasteiger partial charge in [0.15, 0.2) is 8.32 Å². The van der Waals surface area contributed by atoms with Gasteiger partial charge >= 0.3 is 0 Å². The van der Waals surface area contributed by atoms with Gasteiger partial charge in [-0.1, -0.05) is 96.2 Å². The molecule has 24 heavy (non-hydrogen) atoms. The molecule has 0 saturated carbocycles. The molecule has 0 unspecified atom stereocenters. The fourth-order valence-electron chi connectivity index (χ4n) is 3.86. The van der Waals surface area contributed by atoms with Crippen LogP contribution in [-0.2, 0) is 4.43 Å². The van der Waals surface area contributed by atoms with E-state index in [2.05, 4.69) is 90.1 Å². The van der Waals surface area contributed by atoms with Crippen LogP contribution in [0.2, 0.25) is 16.6 Å². The predicted octanol–water partition coefficient (Wildman–Crippen LogP) is 7.23. The molecule has 0 heterocycles. The first kappa shape index (κ1) is 20.9. The minimum atomic E-state index is -1.69. The Bertz CT molecular complexity index is 478. The summed E-state index contributed by atoms with van der Waals surface area (Å²) in [7, 11) is -1.69. The second-order valence-corrected chi connectivity index (χ2v) is 13.0. The van der Waals surface area contributed by atoms with E-state index in [0.717, 1.165) is 19.4 Å². The molecule has 1 aromatic carbocycles. The molecule has 0 atom stereocenters. The second-order valence-electron chi connectivity index (χ2n) is 7.51. The molecule has 0 aliphatic carbocycles. The molecular weight excluding hydrogens is 308 g/mol.